The van der Waals surface area contributed by atoms with Crippen LogP contribution in [-0.4, -0.2) is 18.5 Å². The summed E-state index contributed by atoms with van der Waals surface area (Å²) >= 11 is 0. The monoisotopic (exact) mass is 298 g/mol. The van der Waals surface area contributed by atoms with Gasteiger partial charge in [0, 0.05) is 17.4 Å². The SMILES string of the molecule is Cc1ccc(NCC(=O)N2c3ccccc3C[C@H]2C)cc1F. The van der Waals surface area contributed by atoms with Crippen LogP contribution in [0.15, 0.2) is 42.5 Å². The van der Waals surface area contributed by atoms with E-state index in [4.69, 9.17) is 0 Å². The second kappa shape index (κ2) is 5.79. The summed E-state index contributed by atoms with van der Waals surface area (Å²) in [5, 5.41) is 3.01. The molecule has 0 aromatic heterocycles. The minimum atomic E-state index is -0.266. The Morgan fingerprint density at radius 3 is 2.86 bits per heavy atom. The second-order valence-electron chi connectivity index (χ2n) is 5.76. The first-order valence-electron chi connectivity index (χ1n) is 7.46. The third-order valence-corrected chi connectivity index (χ3v) is 4.09. The van der Waals surface area contributed by atoms with Crippen molar-refractivity contribution in [2.75, 3.05) is 16.8 Å². The Morgan fingerprint density at radius 1 is 1.32 bits per heavy atom. The number of aryl methyl sites for hydroxylation is 1. The van der Waals surface area contributed by atoms with E-state index in [0.29, 0.717) is 11.3 Å². The lowest BCUT2D eigenvalue weighted by molar-refractivity contribution is -0.117. The van der Waals surface area contributed by atoms with Gasteiger partial charge in [-0.15, -0.1) is 0 Å². The lowest BCUT2D eigenvalue weighted by atomic mass is 10.1. The van der Waals surface area contributed by atoms with Gasteiger partial charge >= 0.3 is 0 Å². The highest BCUT2D eigenvalue weighted by molar-refractivity contribution is 5.98. The molecule has 2 aromatic rings. The van der Waals surface area contributed by atoms with E-state index < -0.39 is 0 Å². The van der Waals surface area contributed by atoms with Gasteiger partial charge in [-0.1, -0.05) is 24.3 Å². The summed E-state index contributed by atoms with van der Waals surface area (Å²) in [6.07, 6.45) is 0.876. The fraction of sp³-hybridized carbons (Fsp3) is 0.278. The smallest absolute Gasteiger partial charge is 0.246 e. The summed E-state index contributed by atoms with van der Waals surface area (Å²) in [5.41, 5.74) is 3.40. The predicted molar refractivity (Wildman–Crippen MR) is 86.7 cm³/mol. The largest absolute Gasteiger partial charge is 0.376 e. The average molecular weight is 298 g/mol. The van der Waals surface area contributed by atoms with Gasteiger partial charge in [0.1, 0.15) is 5.82 Å². The van der Waals surface area contributed by atoms with Gasteiger partial charge in [0.2, 0.25) is 5.91 Å². The fourth-order valence-corrected chi connectivity index (χ4v) is 2.91. The molecule has 3 rings (SSSR count). The van der Waals surface area contributed by atoms with Crippen molar-refractivity contribution in [1.29, 1.82) is 0 Å². The molecule has 1 aliphatic rings. The van der Waals surface area contributed by atoms with Gasteiger partial charge in [0.25, 0.3) is 0 Å². The number of halogens is 1. The van der Waals surface area contributed by atoms with E-state index in [-0.39, 0.29) is 24.3 Å². The molecule has 3 nitrogen and oxygen atoms in total. The Labute approximate surface area is 129 Å². The molecule has 0 saturated heterocycles. The maximum absolute atomic E-state index is 13.5. The van der Waals surface area contributed by atoms with E-state index in [9.17, 15) is 9.18 Å². The van der Waals surface area contributed by atoms with Crippen LogP contribution in [-0.2, 0) is 11.2 Å². The third kappa shape index (κ3) is 2.69. The molecule has 0 aliphatic carbocycles. The van der Waals surface area contributed by atoms with Crippen LogP contribution in [0.25, 0.3) is 0 Å². The first-order valence-corrected chi connectivity index (χ1v) is 7.46. The average Bonchev–Trinajstić information content (AvgIpc) is 2.84. The first-order chi connectivity index (χ1) is 10.6. The van der Waals surface area contributed by atoms with E-state index in [1.54, 1.807) is 19.1 Å². The zero-order valence-electron chi connectivity index (χ0n) is 12.8. The third-order valence-electron chi connectivity index (χ3n) is 4.09. The number of nitrogens with one attached hydrogen (secondary N) is 1. The number of carbonyl (C=O) groups is 1. The number of benzene rings is 2. The van der Waals surface area contributed by atoms with E-state index in [1.807, 2.05) is 30.0 Å². The molecule has 1 N–H and O–H groups in total. The van der Waals surface area contributed by atoms with Crippen molar-refractivity contribution in [3.05, 3.63) is 59.4 Å². The highest BCUT2D eigenvalue weighted by Gasteiger charge is 2.30. The number of rotatable bonds is 3. The zero-order valence-corrected chi connectivity index (χ0v) is 12.8. The van der Waals surface area contributed by atoms with Gasteiger partial charge in [0.15, 0.2) is 0 Å². The minimum Gasteiger partial charge on any atom is -0.376 e. The topological polar surface area (TPSA) is 32.3 Å². The van der Waals surface area contributed by atoms with Crippen LogP contribution in [0.2, 0.25) is 0 Å². The molecular weight excluding hydrogens is 279 g/mol. The second-order valence-corrected chi connectivity index (χ2v) is 5.76. The number of anilines is 2. The summed E-state index contributed by atoms with van der Waals surface area (Å²) in [7, 11) is 0. The first kappa shape index (κ1) is 14.6. The molecule has 114 valence electrons. The Balaban J connectivity index is 1.71. The van der Waals surface area contributed by atoms with Crippen molar-refractivity contribution in [3.8, 4) is 0 Å². The van der Waals surface area contributed by atoms with Crippen molar-refractivity contribution in [2.45, 2.75) is 26.3 Å². The van der Waals surface area contributed by atoms with Crippen LogP contribution in [0.4, 0.5) is 15.8 Å². The Bertz CT molecular complexity index is 714. The van der Waals surface area contributed by atoms with Gasteiger partial charge in [0.05, 0.1) is 6.54 Å². The molecular formula is C18H19FN2O. The maximum atomic E-state index is 13.5. The molecule has 0 radical (unpaired) electrons. The van der Waals surface area contributed by atoms with Crippen LogP contribution >= 0.6 is 0 Å². The molecule has 22 heavy (non-hydrogen) atoms. The zero-order chi connectivity index (χ0) is 15.7. The van der Waals surface area contributed by atoms with Crippen molar-refractivity contribution < 1.29 is 9.18 Å². The summed E-state index contributed by atoms with van der Waals surface area (Å²) < 4.78 is 13.5. The van der Waals surface area contributed by atoms with Crippen LogP contribution in [0.5, 0.6) is 0 Å². The fourth-order valence-electron chi connectivity index (χ4n) is 2.91. The molecule has 1 aliphatic heterocycles. The van der Waals surface area contributed by atoms with Crippen LogP contribution in [0.1, 0.15) is 18.1 Å². The van der Waals surface area contributed by atoms with Crippen LogP contribution in [0.3, 0.4) is 0 Å². The summed E-state index contributed by atoms with van der Waals surface area (Å²) in [6.45, 7) is 3.91. The molecule has 1 heterocycles. The number of amides is 1. The molecule has 0 bridgehead atoms. The molecule has 0 saturated carbocycles. The standard InChI is InChI=1S/C18H19FN2O/c1-12-7-8-15(10-16(12)19)20-11-18(22)21-13(2)9-14-5-3-4-6-17(14)21/h3-8,10,13,20H,9,11H2,1-2H3/t13-/m1/s1. The Hall–Kier alpha value is -2.36. The Morgan fingerprint density at radius 2 is 2.09 bits per heavy atom. The van der Waals surface area contributed by atoms with E-state index >= 15 is 0 Å². The number of hydrogen-bond donors (Lipinski definition) is 1. The highest BCUT2D eigenvalue weighted by Crippen LogP contribution is 2.31. The van der Waals surface area contributed by atoms with Gasteiger partial charge < -0.3 is 10.2 Å². The van der Waals surface area contributed by atoms with Crippen molar-refractivity contribution in [3.63, 3.8) is 0 Å². The molecule has 1 atom stereocenters. The predicted octanol–water partition coefficient (Wildman–Crippen LogP) is 3.52. The van der Waals surface area contributed by atoms with Crippen molar-refractivity contribution >= 4 is 17.3 Å². The number of hydrogen-bond acceptors (Lipinski definition) is 2. The van der Waals surface area contributed by atoms with E-state index in [1.165, 1.54) is 11.6 Å². The van der Waals surface area contributed by atoms with Gasteiger partial charge in [-0.3, -0.25) is 4.79 Å². The molecule has 0 fully saturated rings. The summed E-state index contributed by atoms with van der Waals surface area (Å²) in [6, 6.07) is 13.0. The molecule has 2 aromatic carbocycles. The summed E-state index contributed by atoms with van der Waals surface area (Å²) in [5.74, 6) is -0.268. The van der Waals surface area contributed by atoms with E-state index in [2.05, 4.69) is 11.4 Å². The lowest BCUT2D eigenvalue weighted by Gasteiger charge is -2.23. The Kier molecular flexibility index (Phi) is 3.84. The van der Waals surface area contributed by atoms with Gasteiger partial charge in [-0.05, 0) is 49.6 Å². The number of nitrogens with zero attached hydrogens (tertiary/aromatic N) is 1. The molecule has 1 amide bonds. The molecule has 0 unspecified atom stereocenters. The lowest BCUT2D eigenvalue weighted by Crippen LogP contribution is -2.39. The number of fused-ring (bicyclic) bond motifs is 1. The van der Waals surface area contributed by atoms with Crippen LogP contribution < -0.4 is 10.2 Å². The minimum absolute atomic E-state index is 0.00145. The quantitative estimate of drug-likeness (QED) is 0.940. The van der Waals surface area contributed by atoms with E-state index in [0.717, 1.165) is 12.1 Å². The van der Waals surface area contributed by atoms with Crippen molar-refractivity contribution in [1.82, 2.24) is 0 Å². The number of para-hydroxylation sites is 1. The normalized spacial score (nSPS) is 16.5. The number of carbonyl (C=O) groups excluding carboxylic acids is 1. The van der Waals surface area contributed by atoms with Crippen molar-refractivity contribution in [2.24, 2.45) is 0 Å². The molecule has 4 heteroatoms. The highest BCUT2D eigenvalue weighted by atomic mass is 19.1. The van der Waals surface area contributed by atoms with Gasteiger partial charge in [-0.25, -0.2) is 4.39 Å². The van der Waals surface area contributed by atoms with Gasteiger partial charge in [-0.2, -0.15) is 0 Å². The maximum Gasteiger partial charge on any atom is 0.246 e. The molecule has 0 spiro atoms. The van der Waals surface area contributed by atoms with Crippen LogP contribution in [0, 0.1) is 12.7 Å². The summed E-state index contributed by atoms with van der Waals surface area (Å²) in [4.78, 5) is 14.3.